The molecule has 7 nitrogen and oxygen atoms in total. The molecule has 0 saturated carbocycles. The number of hydrogen-bond acceptors (Lipinski definition) is 5. The zero-order valence-electron chi connectivity index (χ0n) is 20.4. The highest BCUT2D eigenvalue weighted by Gasteiger charge is 2.56. The Morgan fingerprint density at radius 2 is 1.16 bits per heavy atom. The predicted octanol–water partition coefficient (Wildman–Crippen LogP) is 6.16. The van der Waals surface area contributed by atoms with Crippen molar-refractivity contribution in [3.8, 4) is 0 Å². The van der Waals surface area contributed by atoms with Gasteiger partial charge in [-0.3, -0.25) is 14.1 Å². The van der Waals surface area contributed by atoms with Gasteiger partial charge >= 0.3 is 11.9 Å². The van der Waals surface area contributed by atoms with Gasteiger partial charge in [-0.25, -0.2) is 0 Å². The summed E-state index contributed by atoms with van der Waals surface area (Å²) < 4.78 is 39.6. The summed E-state index contributed by atoms with van der Waals surface area (Å²) in [6.45, 7) is 6.27. The Kier molecular flexibility index (Phi) is 16.7. The lowest BCUT2D eigenvalue weighted by molar-refractivity contribution is -0.162. The Morgan fingerprint density at radius 3 is 1.53 bits per heavy atom. The fourth-order valence-corrected chi connectivity index (χ4v) is 5.40. The molecule has 0 aliphatic heterocycles. The van der Waals surface area contributed by atoms with Crippen molar-refractivity contribution in [3.05, 3.63) is 0 Å². The van der Waals surface area contributed by atoms with Crippen LogP contribution in [0.2, 0.25) is 0 Å². The van der Waals surface area contributed by atoms with Gasteiger partial charge in [0.25, 0.3) is 10.1 Å². The number of carbonyl (C=O) groups is 2. The average Bonchev–Trinajstić information content (AvgIpc) is 2.71. The van der Waals surface area contributed by atoms with Crippen molar-refractivity contribution < 1.29 is 32.4 Å². The van der Waals surface area contributed by atoms with Crippen molar-refractivity contribution in [1.82, 2.24) is 0 Å². The van der Waals surface area contributed by atoms with Crippen LogP contribution in [-0.4, -0.2) is 41.9 Å². The van der Waals surface area contributed by atoms with E-state index in [-0.39, 0.29) is 19.4 Å². The SMILES string of the molecule is CCCCCCCCC(CCCCCCCC)(C(=O)OCCCC)C(C(=O)O)S(=O)(=O)O. The number of ether oxygens (including phenoxy) is 1. The normalized spacial score (nSPS) is 13.1. The minimum absolute atomic E-state index is 0.0792. The molecule has 0 aromatic rings. The number of unbranched alkanes of at least 4 members (excludes halogenated alkanes) is 11. The van der Waals surface area contributed by atoms with Crippen LogP contribution in [0.25, 0.3) is 0 Å². The van der Waals surface area contributed by atoms with Crippen LogP contribution in [0.4, 0.5) is 0 Å². The number of carboxylic acids is 1. The molecule has 0 aromatic heterocycles. The van der Waals surface area contributed by atoms with Crippen molar-refractivity contribution in [2.45, 2.75) is 129 Å². The zero-order chi connectivity index (χ0) is 24.5. The lowest BCUT2D eigenvalue weighted by Gasteiger charge is -2.35. The van der Waals surface area contributed by atoms with E-state index in [1.54, 1.807) is 0 Å². The van der Waals surface area contributed by atoms with Crippen LogP contribution in [0.1, 0.15) is 124 Å². The number of rotatable bonds is 21. The van der Waals surface area contributed by atoms with Crippen molar-refractivity contribution in [1.29, 1.82) is 0 Å². The number of esters is 1. The second kappa shape index (κ2) is 17.3. The van der Waals surface area contributed by atoms with E-state index in [2.05, 4.69) is 13.8 Å². The van der Waals surface area contributed by atoms with Gasteiger partial charge in [-0.2, -0.15) is 8.42 Å². The highest BCUT2D eigenvalue weighted by Crippen LogP contribution is 2.40. The lowest BCUT2D eigenvalue weighted by atomic mass is 9.74. The summed E-state index contributed by atoms with van der Waals surface area (Å²) in [5.41, 5.74) is -1.78. The molecule has 0 spiro atoms. The first kappa shape index (κ1) is 30.9. The molecule has 0 heterocycles. The second-order valence-electron chi connectivity index (χ2n) is 8.91. The Balaban J connectivity index is 5.72. The molecule has 0 bridgehead atoms. The van der Waals surface area contributed by atoms with Crippen LogP contribution in [0.3, 0.4) is 0 Å². The summed E-state index contributed by atoms with van der Waals surface area (Å²) in [5, 5.41) is 7.55. The van der Waals surface area contributed by atoms with Gasteiger partial charge in [0.15, 0.2) is 5.25 Å². The van der Waals surface area contributed by atoms with Crippen LogP contribution in [0, 0.1) is 5.41 Å². The van der Waals surface area contributed by atoms with Gasteiger partial charge in [0.05, 0.1) is 12.0 Å². The molecule has 0 amide bonds. The molecule has 190 valence electrons. The molecular formula is C24H46O7S. The van der Waals surface area contributed by atoms with E-state index >= 15 is 0 Å². The van der Waals surface area contributed by atoms with E-state index in [9.17, 15) is 27.7 Å². The first-order chi connectivity index (χ1) is 15.2. The minimum Gasteiger partial charge on any atom is -0.480 e. The standard InChI is InChI=1S/C24H46O7S/c1-4-7-10-12-14-16-18-24(23(27)31-20-9-6-3,19-17-15-13-11-8-5-2)21(22(25)26)32(28,29)30/h21H,4-20H2,1-3H3,(H,25,26)(H,28,29,30). The van der Waals surface area contributed by atoms with Crippen molar-refractivity contribution in [3.63, 3.8) is 0 Å². The Bertz CT molecular complexity index is 600. The number of hydrogen-bond donors (Lipinski definition) is 2. The molecule has 0 aromatic carbocycles. The molecule has 8 heteroatoms. The summed E-state index contributed by atoms with van der Waals surface area (Å²) in [4.78, 5) is 25.2. The fourth-order valence-electron chi connectivity index (χ4n) is 4.24. The molecule has 0 saturated heterocycles. The maximum atomic E-state index is 13.2. The largest absolute Gasteiger partial charge is 0.480 e. The van der Waals surface area contributed by atoms with Gasteiger partial charge in [0, 0.05) is 0 Å². The van der Waals surface area contributed by atoms with Gasteiger partial charge in [0.2, 0.25) is 0 Å². The molecule has 0 aliphatic carbocycles. The van der Waals surface area contributed by atoms with E-state index in [4.69, 9.17) is 4.74 Å². The number of carbonyl (C=O) groups excluding carboxylic acids is 1. The van der Waals surface area contributed by atoms with E-state index in [1.165, 1.54) is 0 Å². The monoisotopic (exact) mass is 478 g/mol. The maximum absolute atomic E-state index is 13.2. The Hall–Kier alpha value is -1.15. The highest BCUT2D eigenvalue weighted by molar-refractivity contribution is 7.87. The van der Waals surface area contributed by atoms with E-state index in [0.29, 0.717) is 19.3 Å². The molecule has 1 atom stereocenters. The smallest absolute Gasteiger partial charge is 0.325 e. The lowest BCUT2D eigenvalue weighted by Crippen LogP contribution is -2.52. The van der Waals surface area contributed by atoms with Crippen LogP contribution >= 0.6 is 0 Å². The van der Waals surface area contributed by atoms with E-state index in [0.717, 1.165) is 70.6 Å². The summed E-state index contributed by atoms with van der Waals surface area (Å²) >= 11 is 0. The average molecular weight is 479 g/mol. The predicted molar refractivity (Wildman–Crippen MR) is 127 cm³/mol. The molecule has 32 heavy (non-hydrogen) atoms. The second-order valence-corrected chi connectivity index (χ2v) is 10.4. The van der Waals surface area contributed by atoms with Gasteiger partial charge in [-0.15, -0.1) is 0 Å². The quantitative estimate of drug-likeness (QED) is 0.115. The molecule has 0 rings (SSSR count). The highest BCUT2D eigenvalue weighted by atomic mass is 32.2. The van der Waals surface area contributed by atoms with Crippen molar-refractivity contribution in [2.75, 3.05) is 6.61 Å². The minimum atomic E-state index is -5.00. The van der Waals surface area contributed by atoms with Crippen LogP contribution in [-0.2, 0) is 24.4 Å². The summed E-state index contributed by atoms with van der Waals surface area (Å²) in [7, 11) is -5.00. The summed E-state index contributed by atoms with van der Waals surface area (Å²) in [6, 6.07) is 0. The maximum Gasteiger partial charge on any atom is 0.325 e. The van der Waals surface area contributed by atoms with Crippen molar-refractivity contribution in [2.24, 2.45) is 5.41 Å². The first-order valence-electron chi connectivity index (χ1n) is 12.5. The van der Waals surface area contributed by atoms with Gasteiger partial charge in [0.1, 0.15) is 0 Å². The first-order valence-corrected chi connectivity index (χ1v) is 14.0. The number of carboxylic acid groups (broad SMARTS) is 1. The molecule has 0 fully saturated rings. The molecule has 1 unspecified atom stereocenters. The van der Waals surface area contributed by atoms with Gasteiger partial charge in [-0.1, -0.05) is 104 Å². The van der Waals surface area contributed by atoms with Gasteiger partial charge in [-0.05, 0) is 19.3 Å². The molecule has 0 aliphatic rings. The topological polar surface area (TPSA) is 118 Å². The third-order valence-electron chi connectivity index (χ3n) is 6.11. The van der Waals surface area contributed by atoms with Crippen LogP contribution < -0.4 is 0 Å². The Morgan fingerprint density at radius 1 is 0.750 bits per heavy atom. The zero-order valence-corrected chi connectivity index (χ0v) is 21.3. The molecule has 2 N–H and O–H groups in total. The van der Waals surface area contributed by atoms with Crippen LogP contribution in [0.15, 0.2) is 0 Å². The molecular weight excluding hydrogens is 432 g/mol. The third-order valence-corrected chi connectivity index (χ3v) is 7.36. The van der Waals surface area contributed by atoms with Crippen LogP contribution in [0.5, 0.6) is 0 Å². The van der Waals surface area contributed by atoms with Crippen molar-refractivity contribution >= 4 is 22.1 Å². The third kappa shape index (κ3) is 11.6. The Labute approximate surface area is 195 Å². The van der Waals surface area contributed by atoms with Gasteiger partial charge < -0.3 is 9.84 Å². The summed E-state index contributed by atoms with van der Waals surface area (Å²) in [5.74, 6) is -2.50. The van der Waals surface area contributed by atoms with E-state index in [1.807, 2.05) is 6.92 Å². The number of aliphatic carboxylic acids is 1. The molecule has 0 radical (unpaired) electrons. The van der Waals surface area contributed by atoms with E-state index < -0.39 is 32.7 Å². The fraction of sp³-hybridized carbons (Fsp3) is 0.917. The summed E-state index contributed by atoms with van der Waals surface area (Å²) in [6.07, 6.45) is 12.5.